The number of nitrogens with zero attached hydrogens (tertiary/aromatic N) is 3. The number of hydrogen-bond acceptors (Lipinski definition) is 4. The number of pyridine rings is 1. The fourth-order valence-corrected chi connectivity index (χ4v) is 1.87. The Bertz CT molecular complexity index is 736. The molecule has 2 heterocycles. The van der Waals surface area contributed by atoms with Gasteiger partial charge in [0, 0.05) is 37.3 Å². The molecule has 0 atom stereocenters. The van der Waals surface area contributed by atoms with E-state index < -0.39 is 0 Å². The topological polar surface area (TPSA) is 66.0 Å². The summed E-state index contributed by atoms with van der Waals surface area (Å²) in [5.74, 6) is 1.40. The van der Waals surface area contributed by atoms with Crippen LogP contribution in [0.4, 0.5) is 5.69 Å². The van der Waals surface area contributed by atoms with Gasteiger partial charge in [-0.2, -0.15) is 0 Å². The number of nitrogens with two attached hydrogens (primary N) is 1. The summed E-state index contributed by atoms with van der Waals surface area (Å²) >= 11 is 0. The second-order valence-electron chi connectivity index (χ2n) is 4.48. The van der Waals surface area contributed by atoms with Crippen molar-refractivity contribution in [3.63, 3.8) is 0 Å². The molecule has 20 heavy (non-hydrogen) atoms. The molecule has 0 fully saturated rings. The maximum absolute atomic E-state index is 5.77. The van der Waals surface area contributed by atoms with E-state index in [1.807, 2.05) is 42.1 Å². The van der Waals surface area contributed by atoms with E-state index in [9.17, 15) is 0 Å². The third-order valence-corrected chi connectivity index (χ3v) is 2.79. The Hall–Kier alpha value is -2.82. The molecule has 0 saturated carbocycles. The third-order valence-electron chi connectivity index (χ3n) is 2.79. The lowest BCUT2D eigenvalue weighted by atomic mass is 10.2. The highest BCUT2D eigenvalue weighted by Crippen LogP contribution is 2.25. The summed E-state index contributed by atoms with van der Waals surface area (Å²) in [4.78, 5) is 8.57. The average Bonchev–Trinajstić information content (AvgIpc) is 2.86. The van der Waals surface area contributed by atoms with Gasteiger partial charge in [0.05, 0.1) is 12.0 Å². The molecule has 5 heteroatoms. The molecular formula is C15H14N4O. The van der Waals surface area contributed by atoms with Gasteiger partial charge in [-0.25, -0.2) is 4.98 Å². The molecule has 0 aliphatic carbocycles. The minimum absolute atomic E-state index is 0.668. The first-order chi connectivity index (χ1) is 9.70. The van der Waals surface area contributed by atoms with Crippen LogP contribution in [0.1, 0.15) is 0 Å². The number of imidazole rings is 1. The molecule has 3 rings (SSSR count). The Morgan fingerprint density at radius 3 is 2.65 bits per heavy atom. The fraction of sp³-hybridized carbons (Fsp3) is 0.0667. The molecule has 0 aliphatic rings. The molecule has 0 saturated heterocycles. The van der Waals surface area contributed by atoms with Crippen molar-refractivity contribution in [1.29, 1.82) is 0 Å². The maximum Gasteiger partial charge on any atom is 0.131 e. The van der Waals surface area contributed by atoms with Gasteiger partial charge < -0.3 is 15.0 Å². The third kappa shape index (κ3) is 2.61. The van der Waals surface area contributed by atoms with E-state index in [1.54, 1.807) is 24.7 Å². The van der Waals surface area contributed by atoms with E-state index in [1.165, 1.54) is 0 Å². The molecule has 0 amide bonds. The largest absolute Gasteiger partial charge is 0.457 e. The summed E-state index contributed by atoms with van der Waals surface area (Å²) in [6.45, 7) is 0. The van der Waals surface area contributed by atoms with Gasteiger partial charge in [-0.05, 0) is 18.2 Å². The Labute approximate surface area is 116 Å². The predicted octanol–water partition coefficient (Wildman–Crippen LogP) is 2.86. The molecule has 0 aliphatic heterocycles. The number of aromatic nitrogens is 3. The van der Waals surface area contributed by atoms with Crippen molar-refractivity contribution in [3.8, 4) is 22.9 Å². The molecule has 0 spiro atoms. The van der Waals surface area contributed by atoms with Crippen LogP contribution in [0.15, 0.2) is 55.1 Å². The van der Waals surface area contributed by atoms with E-state index in [4.69, 9.17) is 10.5 Å². The molecule has 2 N–H and O–H groups in total. The zero-order valence-electron chi connectivity index (χ0n) is 11.0. The summed E-state index contributed by atoms with van der Waals surface area (Å²) in [6.07, 6.45) is 5.35. The smallest absolute Gasteiger partial charge is 0.131 e. The molecule has 100 valence electrons. The van der Waals surface area contributed by atoms with E-state index in [0.717, 1.165) is 11.4 Å². The highest BCUT2D eigenvalue weighted by molar-refractivity contribution is 5.55. The predicted molar refractivity (Wildman–Crippen MR) is 77.4 cm³/mol. The lowest BCUT2D eigenvalue weighted by Crippen LogP contribution is -1.89. The monoisotopic (exact) mass is 266 g/mol. The van der Waals surface area contributed by atoms with Gasteiger partial charge in [0.25, 0.3) is 0 Å². The first-order valence-electron chi connectivity index (χ1n) is 6.18. The van der Waals surface area contributed by atoms with Crippen molar-refractivity contribution in [3.05, 3.63) is 55.1 Å². The van der Waals surface area contributed by atoms with Gasteiger partial charge in [0.1, 0.15) is 17.2 Å². The van der Waals surface area contributed by atoms with Gasteiger partial charge >= 0.3 is 0 Å². The Morgan fingerprint density at radius 1 is 1.05 bits per heavy atom. The van der Waals surface area contributed by atoms with Crippen LogP contribution in [0.3, 0.4) is 0 Å². The first-order valence-corrected chi connectivity index (χ1v) is 6.18. The number of hydrogen-bond donors (Lipinski definition) is 1. The van der Waals surface area contributed by atoms with Crippen molar-refractivity contribution >= 4 is 5.69 Å². The Balaban J connectivity index is 1.88. The average molecular weight is 266 g/mol. The maximum atomic E-state index is 5.77. The van der Waals surface area contributed by atoms with Crippen LogP contribution in [0.5, 0.6) is 11.5 Å². The first kappa shape index (κ1) is 12.2. The SMILES string of the molecule is Cn1cnc(-c2cc(Oc3cccc(N)c3)ccn2)c1. The van der Waals surface area contributed by atoms with Crippen LogP contribution in [0.2, 0.25) is 0 Å². The summed E-state index contributed by atoms with van der Waals surface area (Å²) in [7, 11) is 1.92. The van der Waals surface area contributed by atoms with Gasteiger partial charge in [-0.15, -0.1) is 0 Å². The van der Waals surface area contributed by atoms with Crippen molar-refractivity contribution in [2.45, 2.75) is 0 Å². The standard InChI is InChI=1S/C15H14N4O/c1-19-9-15(18-10-19)14-8-13(5-6-17-14)20-12-4-2-3-11(16)7-12/h2-10H,16H2,1H3. The van der Waals surface area contributed by atoms with Crippen LogP contribution in [-0.4, -0.2) is 14.5 Å². The number of nitrogen functional groups attached to an aromatic ring is 1. The number of rotatable bonds is 3. The van der Waals surface area contributed by atoms with Gasteiger partial charge in [-0.3, -0.25) is 4.98 Å². The molecule has 0 radical (unpaired) electrons. The van der Waals surface area contributed by atoms with Crippen LogP contribution in [0, 0.1) is 0 Å². The highest BCUT2D eigenvalue weighted by atomic mass is 16.5. The number of anilines is 1. The minimum Gasteiger partial charge on any atom is -0.457 e. The van der Waals surface area contributed by atoms with Gasteiger partial charge in [-0.1, -0.05) is 6.07 Å². The fourth-order valence-electron chi connectivity index (χ4n) is 1.87. The lowest BCUT2D eigenvalue weighted by Gasteiger charge is -2.07. The molecule has 1 aromatic carbocycles. The van der Waals surface area contributed by atoms with Crippen LogP contribution in [0.25, 0.3) is 11.4 Å². The molecule has 0 bridgehead atoms. The van der Waals surface area contributed by atoms with Crippen molar-refractivity contribution < 1.29 is 4.74 Å². The lowest BCUT2D eigenvalue weighted by molar-refractivity contribution is 0.482. The van der Waals surface area contributed by atoms with Crippen LogP contribution in [-0.2, 0) is 7.05 Å². The second-order valence-corrected chi connectivity index (χ2v) is 4.48. The molecule has 2 aromatic heterocycles. The number of benzene rings is 1. The summed E-state index contributed by atoms with van der Waals surface area (Å²) in [5, 5.41) is 0. The van der Waals surface area contributed by atoms with Crippen molar-refractivity contribution in [2.24, 2.45) is 7.05 Å². The summed E-state index contributed by atoms with van der Waals surface area (Å²) in [5.41, 5.74) is 7.98. The molecular weight excluding hydrogens is 252 g/mol. The van der Waals surface area contributed by atoms with Crippen LogP contribution >= 0.6 is 0 Å². The van der Waals surface area contributed by atoms with Crippen molar-refractivity contribution in [2.75, 3.05) is 5.73 Å². The van der Waals surface area contributed by atoms with E-state index in [0.29, 0.717) is 17.2 Å². The van der Waals surface area contributed by atoms with E-state index in [-0.39, 0.29) is 0 Å². The number of ether oxygens (including phenoxy) is 1. The Kier molecular flexibility index (Phi) is 3.09. The van der Waals surface area contributed by atoms with Gasteiger partial charge in [0.2, 0.25) is 0 Å². The molecule has 3 aromatic rings. The summed E-state index contributed by atoms with van der Waals surface area (Å²) < 4.78 is 7.65. The zero-order valence-corrected chi connectivity index (χ0v) is 11.0. The summed E-state index contributed by atoms with van der Waals surface area (Å²) in [6, 6.07) is 11.0. The highest BCUT2D eigenvalue weighted by Gasteiger charge is 2.05. The van der Waals surface area contributed by atoms with Gasteiger partial charge in [0.15, 0.2) is 0 Å². The normalized spacial score (nSPS) is 10.4. The van der Waals surface area contributed by atoms with E-state index >= 15 is 0 Å². The molecule has 5 nitrogen and oxygen atoms in total. The zero-order chi connectivity index (χ0) is 13.9. The molecule has 0 unspecified atom stereocenters. The van der Waals surface area contributed by atoms with E-state index in [2.05, 4.69) is 9.97 Å². The quantitative estimate of drug-likeness (QED) is 0.740. The van der Waals surface area contributed by atoms with Crippen LogP contribution < -0.4 is 10.5 Å². The number of aryl methyl sites for hydroxylation is 1. The van der Waals surface area contributed by atoms with Crippen molar-refractivity contribution in [1.82, 2.24) is 14.5 Å². The second kappa shape index (κ2) is 5.05. The Morgan fingerprint density at radius 2 is 1.90 bits per heavy atom. The minimum atomic E-state index is 0.668.